The Hall–Kier alpha value is -3.15. The van der Waals surface area contributed by atoms with Gasteiger partial charge in [0.2, 0.25) is 11.8 Å². The average Bonchev–Trinajstić information content (AvgIpc) is 3.48. The van der Waals surface area contributed by atoms with Crippen molar-refractivity contribution in [3.63, 3.8) is 0 Å². The van der Waals surface area contributed by atoms with Gasteiger partial charge in [-0.15, -0.1) is 0 Å². The summed E-state index contributed by atoms with van der Waals surface area (Å²) in [6.07, 6.45) is 8.23. The van der Waals surface area contributed by atoms with E-state index in [-0.39, 0.29) is 11.8 Å². The van der Waals surface area contributed by atoms with Gasteiger partial charge in [0, 0.05) is 18.9 Å². The highest BCUT2D eigenvalue weighted by molar-refractivity contribution is 5.92. The van der Waals surface area contributed by atoms with Crippen LogP contribution < -0.4 is 5.32 Å². The van der Waals surface area contributed by atoms with Crippen molar-refractivity contribution in [2.24, 2.45) is 17.8 Å². The highest BCUT2D eigenvalue weighted by atomic mass is 16.5. The van der Waals surface area contributed by atoms with Crippen LogP contribution in [0.4, 0.5) is 0 Å². The Balaban J connectivity index is 1.57. The van der Waals surface area contributed by atoms with Crippen LogP contribution >= 0.6 is 0 Å². The Morgan fingerprint density at radius 1 is 0.865 bits per heavy atom. The molecule has 2 amide bonds. The lowest BCUT2D eigenvalue weighted by Crippen LogP contribution is -2.49. The van der Waals surface area contributed by atoms with Gasteiger partial charge in [0.05, 0.1) is 19.1 Å². The van der Waals surface area contributed by atoms with E-state index in [0.29, 0.717) is 24.8 Å². The largest absolute Gasteiger partial charge is 0.469 e. The summed E-state index contributed by atoms with van der Waals surface area (Å²) >= 11 is 0. The van der Waals surface area contributed by atoms with Crippen LogP contribution in [-0.4, -0.2) is 42.4 Å². The van der Waals surface area contributed by atoms with Crippen LogP contribution in [0.3, 0.4) is 0 Å². The fourth-order valence-corrected chi connectivity index (χ4v) is 6.43. The Morgan fingerprint density at radius 3 is 2.08 bits per heavy atom. The number of carbonyl (C=O) groups excluding carboxylic acids is 3. The van der Waals surface area contributed by atoms with E-state index >= 15 is 0 Å². The SMILES string of the molecule is COC(=O)C1C(c2ccccc2)C(C(=O)NCC2CC2)N(C(=O)CCC2CCCC2)C1c1ccccc1. The average molecular weight is 503 g/mol. The van der Waals surface area contributed by atoms with E-state index in [1.807, 2.05) is 60.7 Å². The zero-order valence-electron chi connectivity index (χ0n) is 21.7. The lowest BCUT2D eigenvalue weighted by atomic mass is 9.80. The summed E-state index contributed by atoms with van der Waals surface area (Å²) in [6, 6.07) is 18.0. The van der Waals surface area contributed by atoms with Crippen molar-refractivity contribution < 1.29 is 19.1 Å². The van der Waals surface area contributed by atoms with Gasteiger partial charge in [0.1, 0.15) is 6.04 Å². The summed E-state index contributed by atoms with van der Waals surface area (Å²) in [7, 11) is 1.39. The van der Waals surface area contributed by atoms with Gasteiger partial charge in [-0.3, -0.25) is 14.4 Å². The van der Waals surface area contributed by atoms with Gasteiger partial charge in [-0.25, -0.2) is 0 Å². The van der Waals surface area contributed by atoms with Crippen LogP contribution in [0.1, 0.15) is 74.5 Å². The van der Waals surface area contributed by atoms with Gasteiger partial charge in [-0.1, -0.05) is 86.3 Å². The minimum Gasteiger partial charge on any atom is -0.469 e. The molecule has 4 unspecified atom stereocenters. The molecule has 3 fully saturated rings. The van der Waals surface area contributed by atoms with Crippen molar-refractivity contribution in [2.75, 3.05) is 13.7 Å². The van der Waals surface area contributed by atoms with Crippen LogP contribution in [-0.2, 0) is 19.1 Å². The van der Waals surface area contributed by atoms with Crippen LogP contribution in [0.5, 0.6) is 0 Å². The first-order valence-electron chi connectivity index (χ1n) is 13.8. The molecule has 1 aliphatic heterocycles. The van der Waals surface area contributed by atoms with Gasteiger partial charge in [0.25, 0.3) is 0 Å². The number of amides is 2. The zero-order valence-corrected chi connectivity index (χ0v) is 21.7. The van der Waals surface area contributed by atoms with Crippen LogP contribution in [0.25, 0.3) is 0 Å². The second-order valence-corrected chi connectivity index (χ2v) is 11.0. The van der Waals surface area contributed by atoms with Crippen molar-refractivity contribution >= 4 is 17.8 Å². The summed E-state index contributed by atoms with van der Waals surface area (Å²) in [5.74, 6) is -0.760. The normalized spacial score (nSPS) is 25.7. The summed E-state index contributed by atoms with van der Waals surface area (Å²) in [5.41, 5.74) is 1.72. The lowest BCUT2D eigenvalue weighted by Gasteiger charge is -2.32. The molecule has 2 aliphatic carbocycles. The second-order valence-electron chi connectivity index (χ2n) is 11.0. The number of nitrogens with one attached hydrogen (secondary N) is 1. The molecule has 3 aliphatic rings. The molecule has 1 saturated heterocycles. The third kappa shape index (κ3) is 5.58. The number of nitrogens with zero attached hydrogens (tertiary/aromatic N) is 1. The van der Waals surface area contributed by atoms with Gasteiger partial charge < -0.3 is 15.0 Å². The summed E-state index contributed by atoms with van der Waals surface area (Å²) < 4.78 is 5.33. The fourth-order valence-electron chi connectivity index (χ4n) is 6.43. The second kappa shape index (κ2) is 11.5. The molecule has 2 aromatic rings. The van der Waals surface area contributed by atoms with Gasteiger partial charge in [0.15, 0.2) is 0 Å². The quantitative estimate of drug-likeness (QED) is 0.489. The Bertz CT molecular complexity index is 1080. The molecule has 2 aromatic carbocycles. The zero-order chi connectivity index (χ0) is 25.8. The van der Waals surface area contributed by atoms with Crippen molar-refractivity contribution in [3.05, 3.63) is 71.8 Å². The Kier molecular flexibility index (Phi) is 7.92. The maximum atomic E-state index is 14.1. The Labute approximate surface area is 219 Å². The van der Waals surface area contributed by atoms with Gasteiger partial charge >= 0.3 is 5.97 Å². The molecule has 1 heterocycles. The van der Waals surface area contributed by atoms with Crippen molar-refractivity contribution in [3.8, 4) is 0 Å². The number of ether oxygens (including phenoxy) is 1. The van der Waals surface area contributed by atoms with E-state index in [1.165, 1.54) is 20.0 Å². The van der Waals surface area contributed by atoms with Crippen LogP contribution in [0.15, 0.2) is 60.7 Å². The molecule has 0 aromatic heterocycles. The molecule has 6 heteroatoms. The third-order valence-electron chi connectivity index (χ3n) is 8.53. The smallest absolute Gasteiger partial charge is 0.311 e. The predicted octanol–water partition coefficient (Wildman–Crippen LogP) is 5.01. The topological polar surface area (TPSA) is 75.7 Å². The summed E-state index contributed by atoms with van der Waals surface area (Å²) in [4.78, 5) is 43.2. The van der Waals surface area contributed by atoms with E-state index in [4.69, 9.17) is 4.74 Å². The first-order chi connectivity index (χ1) is 18.1. The molecule has 0 radical (unpaired) electrons. The minimum absolute atomic E-state index is 0.0559. The number of hydrogen-bond acceptors (Lipinski definition) is 4. The molecule has 196 valence electrons. The van der Waals surface area contributed by atoms with E-state index in [1.54, 1.807) is 4.90 Å². The molecular weight excluding hydrogens is 464 g/mol. The molecule has 0 bridgehead atoms. The van der Waals surface area contributed by atoms with Crippen LogP contribution in [0.2, 0.25) is 0 Å². The predicted molar refractivity (Wildman–Crippen MR) is 141 cm³/mol. The molecule has 6 nitrogen and oxygen atoms in total. The number of hydrogen-bond donors (Lipinski definition) is 1. The lowest BCUT2D eigenvalue weighted by molar-refractivity contribution is -0.147. The van der Waals surface area contributed by atoms with E-state index in [0.717, 1.165) is 43.2 Å². The number of likely N-dealkylation sites (tertiary alicyclic amines) is 1. The minimum atomic E-state index is -0.786. The van der Waals surface area contributed by atoms with Crippen molar-refractivity contribution in [2.45, 2.75) is 69.4 Å². The van der Waals surface area contributed by atoms with Crippen LogP contribution in [0, 0.1) is 17.8 Å². The first-order valence-corrected chi connectivity index (χ1v) is 13.8. The molecule has 5 rings (SSSR count). The number of benzene rings is 2. The summed E-state index contributed by atoms with van der Waals surface area (Å²) in [5, 5.41) is 3.13. The van der Waals surface area contributed by atoms with E-state index in [2.05, 4.69) is 5.32 Å². The Morgan fingerprint density at radius 2 is 1.49 bits per heavy atom. The van der Waals surface area contributed by atoms with E-state index in [9.17, 15) is 14.4 Å². The molecular formula is C31H38N2O4. The fraction of sp³-hybridized carbons (Fsp3) is 0.516. The monoisotopic (exact) mass is 502 g/mol. The maximum Gasteiger partial charge on any atom is 0.311 e. The van der Waals surface area contributed by atoms with E-state index < -0.39 is 29.9 Å². The highest BCUT2D eigenvalue weighted by Crippen LogP contribution is 2.51. The van der Waals surface area contributed by atoms with Crippen molar-refractivity contribution in [1.82, 2.24) is 10.2 Å². The molecule has 1 N–H and O–H groups in total. The summed E-state index contributed by atoms with van der Waals surface area (Å²) in [6.45, 7) is 0.611. The number of esters is 1. The highest BCUT2D eigenvalue weighted by Gasteiger charge is 2.57. The van der Waals surface area contributed by atoms with Crippen molar-refractivity contribution in [1.29, 1.82) is 0 Å². The first kappa shape index (κ1) is 25.5. The number of carbonyl (C=O) groups is 3. The molecule has 2 saturated carbocycles. The maximum absolute atomic E-state index is 14.1. The standard InChI is InChI=1S/C31H38N2O4/c1-37-31(36)27-26(23-12-4-2-5-13-23)29(30(35)32-20-22-16-17-22)33(28(27)24-14-6-3-7-15-24)25(34)19-18-21-10-8-9-11-21/h2-7,12-15,21-22,26-29H,8-11,16-20H2,1H3,(H,32,35). The number of rotatable bonds is 9. The van der Waals surface area contributed by atoms with Gasteiger partial charge in [-0.2, -0.15) is 0 Å². The third-order valence-corrected chi connectivity index (χ3v) is 8.53. The van der Waals surface area contributed by atoms with Gasteiger partial charge in [-0.05, 0) is 42.2 Å². The number of methoxy groups -OCH3 is 1. The molecule has 0 spiro atoms. The molecule has 37 heavy (non-hydrogen) atoms. The molecule has 4 atom stereocenters.